The lowest BCUT2D eigenvalue weighted by atomic mass is 9.86. The van der Waals surface area contributed by atoms with Gasteiger partial charge in [-0.25, -0.2) is 0 Å². The highest BCUT2D eigenvalue weighted by Crippen LogP contribution is 2.25. The van der Waals surface area contributed by atoms with Crippen molar-refractivity contribution in [1.82, 2.24) is 10.2 Å². The van der Waals surface area contributed by atoms with Gasteiger partial charge in [-0.3, -0.25) is 19.8 Å². The Balaban J connectivity index is 2.40. The summed E-state index contributed by atoms with van der Waals surface area (Å²) in [7, 11) is 0. The van der Waals surface area contributed by atoms with Crippen molar-refractivity contribution in [2.75, 3.05) is 19.6 Å². The number of hydrogen-bond acceptors (Lipinski definition) is 3. The molecule has 1 N–H and O–H groups in total. The average molecular weight is 240 g/mol. The van der Waals surface area contributed by atoms with Crippen LogP contribution in [-0.4, -0.2) is 36.3 Å². The molecule has 4 nitrogen and oxygen atoms in total. The molecular formula is C13H24N2O2. The predicted molar refractivity (Wildman–Crippen MR) is 67.5 cm³/mol. The molecule has 0 unspecified atom stereocenters. The molecule has 98 valence electrons. The number of unbranched alkanes of at least 4 members (excludes halogenated alkanes) is 2. The van der Waals surface area contributed by atoms with Crippen molar-refractivity contribution < 1.29 is 9.59 Å². The number of nitrogens with one attached hydrogen (secondary N) is 1. The summed E-state index contributed by atoms with van der Waals surface area (Å²) in [5.74, 6) is -0.351. The second-order valence-electron chi connectivity index (χ2n) is 5.74. The van der Waals surface area contributed by atoms with Crippen molar-refractivity contribution in [3.63, 3.8) is 0 Å². The van der Waals surface area contributed by atoms with Gasteiger partial charge in [0.25, 0.3) is 0 Å². The Kier molecular flexibility index (Phi) is 5.12. The quantitative estimate of drug-likeness (QED) is 0.566. The zero-order valence-electron chi connectivity index (χ0n) is 11.2. The molecule has 0 spiro atoms. The van der Waals surface area contributed by atoms with E-state index in [1.165, 1.54) is 19.3 Å². The van der Waals surface area contributed by atoms with Crippen LogP contribution in [0.4, 0.5) is 0 Å². The molecule has 0 aromatic carbocycles. The van der Waals surface area contributed by atoms with Crippen LogP contribution >= 0.6 is 0 Å². The molecule has 1 fully saturated rings. The van der Waals surface area contributed by atoms with Crippen LogP contribution in [0, 0.1) is 5.41 Å². The van der Waals surface area contributed by atoms with Crippen LogP contribution in [0.1, 0.15) is 46.5 Å². The van der Waals surface area contributed by atoms with Crippen LogP contribution in [-0.2, 0) is 9.59 Å². The first-order chi connectivity index (χ1) is 7.93. The first-order valence-electron chi connectivity index (χ1n) is 6.48. The van der Waals surface area contributed by atoms with E-state index in [1.54, 1.807) is 0 Å². The Morgan fingerprint density at radius 2 is 1.76 bits per heavy atom. The van der Waals surface area contributed by atoms with Crippen LogP contribution in [0.5, 0.6) is 0 Å². The lowest BCUT2D eigenvalue weighted by molar-refractivity contribution is -0.136. The van der Waals surface area contributed by atoms with E-state index < -0.39 is 0 Å². The van der Waals surface area contributed by atoms with E-state index in [2.05, 4.69) is 26.1 Å². The zero-order chi connectivity index (χ0) is 12.9. The maximum Gasteiger partial charge on any atom is 0.240 e. The molecule has 0 aromatic heterocycles. The van der Waals surface area contributed by atoms with Gasteiger partial charge in [0.15, 0.2) is 0 Å². The summed E-state index contributed by atoms with van der Waals surface area (Å²) < 4.78 is 0. The first-order valence-corrected chi connectivity index (χ1v) is 6.48. The van der Waals surface area contributed by atoms with Crippen molar-refractivity contribution >= 4 is 11.8 Å². The molecule has 0 radical (unpaired) electrons. The van der Waals surface area contributed by atoms with Gasteiger partial charge in [0.05, 0.1) is 13.1 Å². The van der Waals surface area contributed by atoms with Crippen molar-refractivity contribution in [1.29, 1.82) is 0 Å². The van der Waals surface area contributed by atoms with Crippen LogP contribution < -0.4 is 5.32 Å². The fraction of sp³-hybridized carbons (Fsp3) is 0.846. The van der Waals surface area contributed by atoms with Crippen molar-refractivity contribution in [3.05, 3.63) is 0 Å². The van der Waals surface area contributed by atoms with Crippen molar-refractivity contribution in [2.24, 2.45) is 5.41 Å². The smallest absolute Gasteiger partial charge is 0.240 e. The molecule has 0 saturated carbocycles. The number of rotatable bonds is 6. The Morgan fingerprint density at radius 1 is 1.18 bits per heavy atom. The lowest BCUT2D eigenvalue weighted by Crippen LogP contribution is -2.53. The molecule has 2 amide bonds. The largest absolute Gasteiger partial charge is 0.294 e. The van der Waals surface area contributed by atoms with Crippen molar-refractivity contribution in [2.45, 2.75) is 46.5 Å². The topological polar surface area (TPSA) is 49.4 Å². The van der Waals surface area contributed by atoms with E-state index in [1.807, 2.05) is 4.90 Å². The van der Waals surface area contributed by atoms with Gasteiger partial charge in [0, 0.05) is 6.54 Å². The lowest BCUT2D eigenvalue weighted by Gasteiger charge is -2.34. The van der Waals surface area contributed by atoms with Crippen LogP contribution in [0.15, 0.2) is 0 Å². The molecule has 0 aliphatic carbocycles. The highest BCUT2D eigenvalue weighted by atomic mass is 16.2. The summed E-state index contributed by atoms with van der Waals surface area (Å²) >= 11 is 0. The second kappa shape index (κ2) is 6.15. The summed E-state index contributed by atoms with van der Waals surface area (Å²) in [6, 6.07) is 0. The molecular weight excluding hydrogens is 216 g/mol. The summed E-state index contributed by atoms with van der Waals surface area (Å²) in [6.07, 6.45) is 4.84. The summed E-state index contributed by atoms with van der Waals surface area (Å²) in [5, 5.41) is 2.33. The average Bonchev–Trinajstić information content (AvgIpc) is 2.14. The Morgan fingerprint density at radius 3 is 2.29 bits per heavy atom. The predicted octanol–water partition coefficient (Wildman–Crippen LogP) is 1.55. The monoisotopic (exact) mass is 240 g/mol. The molecule has 1 aliphatic rings. The highest BCUT2D eigenvalue weighted by Gasteiger charge is 2.27. The number of hydrogen-bond donors (Lipinski definition) is 1. The highest BCUT2D eigenvalue weighted by molar-refractivity contribution is 5.99. The van der Waals surface area contributed by atoms with Crippen LogP contribution in [0.25, 0.3) is 0 Å². The maximum atomic E-state index is 11.3. The molecule has 17 heavy (non-hydrogen) atoms. The zero-order valence-corrected chi connectivity index (χ0v) is 11.2. The normalized spacial score (nSPS) is 18.3. The SMILES string of the molecule is CCCCCC(C)(C)CN1CC(=O)NC(=O)C1. The minimum absolute atomic E-state index is 0.174. The summed E-state index contributed by atoms with van der Waals surface area (Å²) in [6.45, 7) is 8.13. The van der Waals surface area contributed by atoms with E-state index in [4.69, 9.17) is 0 Å². The molecule has 0 atom stereocenters. The summed E-state index contributed by atoms with van der Waals surface area (Å²) in [4.78, 5) is 24.5. The van der Waals surface area contributed by atoms with Gasteiger partial charge in [-0.05, 0) is 11.8 Å². The molecule has 0 bridgehead atoms. The van der Waals surface area contributed by atoms with Crippen LogP contribution in [0.2, 0.25) is 0 Å². The molecule has 0 aromatic rings. The van der Waals surface area contributed by atoms with E-state index in [0.717, 1.165) is 13.0 Å². The fourth-order valence-corrected chi connectivity index (χ4v) is 2.35. The molecule has 1 aliphatic heterocycles. The van der Waals surface area contributed by atoms with E-state index in [0.29, 0.717) is 13.1 Å². The Labute approximate surface area is 104 Å². The van der Waals surface area contributed by atoms with Gasteiger partial charge in [0.2, 0.25) is 11.8 Å². The van der Waals surface area contributed by atoms with E-state index in [9.17, 15) is 9.59 Å². The van der Waals surface area contributed by atoms with Gasteiger partial charge in [-0.2, -0.15) is 0 Å². The number of carbonyl (C=O) groups is 2. The van der Waals surface area contributed by atoms with E-state index >= 15 is 0 Å². The standard InChI is InChI=1S/C13H24N2O2/c1-4-5-6-7-13(2,3)10-15-8-11(16)14-12(17)9-15/h4-10H2,1-3H3,(H,14,16,17). The first kappa shape index (κ1) is 14.2. The van der Waals surface area contributed by atoms with Crippen LogP contribution in [0.3, 0.4) is 0 Å². The van der Waals surface area contributed by atoms with Gasteiger partial charge < -0.3 is 0 Å². The summed E-state index contributed by atoms with van der Waals surface area (Å²) in [5.41, 5.74) is 0.174. The minimum Gasteiger partial charge on any atom is -0.294 e. The van der Waals surface area contributed by atoms with Gasteiger partial charge >= 0.3 is 0 Å². The second-order valence-corrected chi connectivity index (χ2v) is 5.74. The fourth-order valence-electron chi connectivity index (χ4n) is 2.35. The number of amides is 2. The Bertz CT molecular complexity index is 271. The van der Waals surface area contributed by atoms with Crippen molar-refractivity contribution in [3.8, 4) is 0 Å². The third-order valence-electron chi connectivity index (χ3n) is 3.12. The Hall–Kier alpha value is -0.900. The molecule has 4 heteroatoms. The van der Waals surface area contributed by atoms with Gasteiger partial charge in [0.1, 0.15) is 0 Å². The van der Waals surface area contributed by atoms with E-state index in [-0.39, 0.29) is 17.2 Å². The number of imide groups is 1. The number of carbonyl (C=O) groups excluding carboxylic acids is 2. The molecule has 1 rings (SSSR count). The minimum atomic E-state index is -0.175. The number of piperazine rings is 1. The third kappa shape index (κ3) is 5.31. The molecule has 1 saturated heterocycles. The number of nitrogens with zero attached hydrogens (tertiary/aromatic N) is 1. The van der Waals surface area contributed by atoms with Gasteiger partial charge in [-0.15, -0.1) is 0 Å². The maximum absolute atomic E-state index is 11.3. The van der Waals surface area contributed by atoms with Gasteiger partial charge in [-0.1, -0.05) is 40.0 Å². The third-order valence-corrected chi connectivity index (χ3v) is 3.12. The molecule has 1 heterocycles.